The molecule has 0 rings (SSSR count). The van der Waals surface area contributed by atoms with Gasteiger partial charge in [-0.05, 0) is 6.42 Å². The molecule has 0 saturated carbocycles. The Labute approximate surface area is 85.4 Å². The fourth-order valence-electron chi connectivity index (χ4n) is 0.839. The van der Waals surface area contributed by atoms with E-state index in [2.05, 4.69) is 17.6 Å². The molecule has 4 nitrogen and oxygen atoms in total. The normalized spacial score (nSPS) is 10.0. The van der Waals surface area contributed by atoms with Crippen molar-refractivity contribution in [2.75, 3.05) is 13.1 Å². The van der Waals surface area contributed by atoms with Gasteiger partial charge in [0.2, 0.25) is 11.8 Å². The molecule has 0 aromatic rings. The highest BCUT2D eigenvalue weighted by Gasteiger charge is 2.07. The van der Waals surface area contributed by atoms with Gasteiger partial charge in [0.25, 0.3) is 0 Å². The average Bonchev–Trinajstić information content (AvgIpc) is 2.14. The lowest BCUT2D eigenvalue weighted by molar-refractivity contribution is -0.127. The Morgan fingerprint density at radius 1 is 1.21 bits per heavy atom. The van der Waals surface area contributed by atoms with Crippen LogP contribution in [-0.4, -0.2) is 24.9 Å². The quantitative estimate of drug-likeness (QED) is 0.619. The number of nitrogens with one attached hydrogen (secondary N) is 2. The summed E-state index contributed by atoms with van der Waals surface area (Å²) < 4.78 is 0. The van der Waals surface area contributed by atoms with Crippen molar-refractivity contribution in [3.63, 3.8) is 0 Å². The number of hydrogen-bond acceptors (Lipinski definition) is 2. The minimum absolute atomic E-state index is 0.0709. The Bertz CT molecular complexity index is 191. The van der Waals surface area contributed by atoms with Crippen molar-refractivity contribution in [3.8, 4) is 0 Å². The maximum absolute atomic E-state index is 11.1. The largest absolute Gasteiger partial charge is 0.355 e. The zero-order chi connectivity index (χ0) is 11.0. The van der Waals surface area contributed by atoms with Gasteiger partial charge >= 0.3 is 0 Å². The second kappa shape index (κ2) is 7.35. The van der Waals surface area contributed by atoms with Crippen molar-refractivity contribution < 1.29 is 9.59 Å². The Morgan fingerprint density at radius 2 is 1.86 bits per heavy atom. The van der Waals surface area contributed by atoms with E-state index in [0.717, 1.165) is 12.8 Å². The monoisotopic (exact) mass is 200 g/mol. The van der Waals surface area contributed by atoms with Gasteiger partial charge in [-0.3, -0.25) is 9.59 Å². The molecule has 0 aromatic heterocycles. The number of carbonyl (C=O) groups is 2. The minimum atomic E-state index is -0.118. The first-order valence-corrected chi connectivity index (χ1v) is 5.12. The average molecular weight is 200 g/mol. The zero-order valence-electron chi connectivity index (χ0n) is 9.22. The summed E-state index contributed by atoms with van der Waals surface area (Å²) in [7, 11) is 0. The van der Waals surface area contributed by atoms with Gasteiger partial charge in [0.15, 0.2) is 0 Å². The minimum Gasteiger partial charge on any atom is -0.355 e. The molecule has 0 aliphatic rings. The fourth-order valence-corrected chi connectivity index (χ4v) is 0.839. The van der Waals surface area contributed by atoms with E-state index in [1.807, 2.05) is 0 Å². The van der Waals surface area contributed by atoms with Crippen LogP contribution >= 0.6 is 0 Å². The molecular weight excluding hydrogens is 180 g/mol. The van der Waals surface area contributed by atoms with E-state index in [4.69, 9.17) is 0 Å². The molecule has 0 radical (unpaired) electrons. The van der Waals surface area contributed by atoms with E-state index < -0.39 is 0 Å². The molecule has 2 amide bonds. The van der Waals surface area contributed by atoms with E-state index in [1.54, 1.807) is 13.8 Å². The highest BCUT2D eigenvalue weighted by atomic mass is 16.2. The van der Waals surface area contributed by atoms with Crippen LogP contribution in [0.2, 0.25) is 0 Å². The molecule has 0 saturated heterocycles. The molecule has 0 fully saturated rings. The van der Waals surface area contributed by atoms with Crippen molar-refractivity contribution in [2.24, 2.45) is 5.92 Å². The molecule has 0 unspecified atom stereocenters. The number of unbranched alkanes of at least 4 members (excludes halogenated alkanes) is 1. The molecule has 4 heteroatoms. The van der Waals surface area contributed by atoms with Crippen molar-refractivity contribution >= 4 is 11.8 Å². The maximum atomic E-state index is 11.1. The smallest absolute Gasteiger partial charge is 0.239 e. The van der Waals surface area contributed by atoms with Crippen molar-refractivity contribution in [1.82, 2.24) is 10.6 Å². The van der Waals surface area contributed by atoms with Crippen LogP contribution in [0.4, 0.5) is 0 Å². The molecular formula is C10H20N2O2. The van der Waals surface area contributed by atoms with Crippen LogP contribution in [0.3, 0.4) is 0 Å². The van der Waals surface area contributed by atoms with Gasteiger partial charge in [-0.25, -0.2) is 0 Å². The molecule has 0 aromatic carbocycles. The number of carbonyl (C=O) groups excluding carboxylic acids is 2. The Morgan fingerprint density at radius 3 is 2.36 bits per heavy atom. The van der Waals surface area contributed by atoms with Gasteiger partial charge in [0, 0.05) is 12.5 Å². The molecule has 0 heterocycles. The lowest BCUT2D eigenvalue weighted by atomic mass is 10.2. The molecule has 0 atom stereocenters. The van der Waals surface area contributed by atoms with Gasteiger partial charge < -0.3 is 10.6 Å². The predicted octanol–water partition coefficient (Wildman–Crippen LogP) is 0.675. The van der Waals surface area contributed by atoms with Gasteiger partial charge in [0.1, 0.15) is 0 Å². The van der Waals surface area contributed by atoms with E-state index in [0.29, 0.717) is 6.54 Å². The summed E-state index contributed by atoms with van der Waals surface area (Å²) in [6.45, 7) is 6.43. The van der Waals surface area contributed by atoms with Gasteiger partial charge in [0.05, 0.1) is 6.54 Å². The van der Waals surface area contributed by atoms with Crippen LogP contribution < -0.4 is 10.6 Å². The van der Waals surface area contributed by atoms with Gasteiger partial charge in [-0.15, -0.1) is 0 Å². The molecule has 14 heavy (non-hydrogen) atoms. The second-order valence-electron chi connectivity index (χ2n) is 3.58. The molecule has 0 aliphatic heterocycles. The van der Waals surface area contributed by atoms with E-state index >= 15 is 0 Å². The van der Waals surface area contributed by atoms with Crippen LogP contribution in [0.1, 0.15) is 33.6 Å². The maximum Gasteiger partial charge on any atom is 0.239 e. The molecule has 2 N–H and O–H groups in total. The van der Waals surface area contributed by atoms with Crippen molar-refractivity contribution in [3.05, 3.63) is 0 Å². The van der Waals surface area contributed by atoms with Crippen LogP contribution in [0.5, 0.6) is 0 Å². The lowest BCUT2D eigenvalue weighted by Gasteiger charge is -2.07. The van der Waals surface area contributed by atoms with Crippen LogP contribution in [0, 0.1) is 5.92 Å². The first-order valence-electron chi connectivity index (χ1n) is 5.12. The van der Waals surface area contributed by atoms with Crippen molar-refractivity contribution in [1.29, 1.82) is 0 Å². The molecule has 0 aliphatic carbocycles. The first kappa shape index (κ1) is 12.9. The Kier molecular flexibility index (Phi) is 6.80. The standard InChI is InChI=1S/C10H20N2O2/c1-4-5-6-11-9(13)7-12-10(14)8(2)3/h8H,4-7H2,1-3H3,(H,11,13)(H,12,14). The van der Waals surface area contributed by atoms with E-state index in [1.165, 1.54) is 0 Å². The Hall–Kier alpha value is -1.06. The summed E-state index contributed by atoms with van der Waals surface area (Å²) in [6, 6.07) is 0. The van der Waals surface area contributed by atoms with E-state index in [9.17, 15) is 9.59 Å². The highest BCUT2D eigenvalue weighted by molar-refractivity contribution is 5.85. The molecule has 82 valence electrons. The second-order valence-corrected chi connectivity index (χ2v) is 3.58. The summed E-state index contributed by atoms with van der Waals surface area (Å²) >= 11 is 0. The van der Waals surface area contributed by atoms with Crippen LogP contribution in [-0.2, 0) is 9.59 Å². The summed E-state index contributed by atoms with van der Waals surface area (Å²) in [5.41, 5.74) is 0. The van der Waals surface area contributed by atoms with Gasteiger partial charge in [-0.2, -0.15) is 0 Å². The molecule has 0 bridgehead atoms. The summed E-state index contributed by atoms with van der Waals surface area (Å²) in [5, 5.41) is 5.28. The molecule has 0 spiro atoms. The summed E-state index contributed by atoms with van der Waals surface area (Å²) in [4.78, 5) is 22.2. The fraction of sp³-hybridized carbons (Fsp3) is 0.800. The third-order valence-electron chi connectivity index (χ3n) is 1.80. The lowest BCUT2D eigenvalue weighted by Crippen LogP contribution is -2.38. The Balaban J connectivity index is 3.49. The van der Waals surface area contributed by atoms with Crippen molar-refractivity contribution in [2.45, 2.75) is 33.6 Å². The zero-order valence-corrected chi connectivity index (χ0v) is 9.22. The topological polar surface area (TPSA) is 58.2 Å². The SMILES string of the molecule is CCCCNC(=O)CNC(=O)C(C)C. The van der Waals surface area contributed by atoms with Gasteiger partial charge in [-0.1, -0.05) is 27.2 Å². The third-order valence-corrected chi connectivity index (χ3v) is 1.80. The summed E-state index contributed by atoms with van der Waals surface area (Å²) in [6.07, 6.45) is 2.03. The predicted molar refractivity (Wildman–Crippen MR) is 55.8 cm³/mol. The first-order chi connectivity index (χ1) is 6.57. The van der Waals surface area contributed by atoms with Crippen LogP contribution in [0.25, 0.3) is 0 Å². The number of rotatable bonds is 6. The number of hydrogen-bond donors (Lipinski definition) is 2. The summed E-state index contributed by atoms with van der Waals surface area (Å²) in [5.74, 6) is -0.276. The highest BCUT2D eigenvalue weighted by Crippen LogP contribution is 1.89. The van der Waals surface area contributed by atoms with E-state index in [-0.39, 0.29) is 24.3 Å². The van der Waals surface area contributed by atoms with Crippen LogP contribution in [0.15, 0.2) is 0 Å². The third kappa shape index (κ3) is 6.46. The number of amides is 2.